The van der Waals surface area contributed by atoms with E-state index in [9.17, 15) is 0 Å². The van der Waals surface area contributed by atoms with Gasteiger partial charge in [0.1, 0.15) is 5.58 Å². The standard InChI is InChI=1S/C16H14ClNO/c1-11-8-13(17)6-7-15(11)18-9-12-10-19-16-5-3-2-4-14(12)16/h2-8,10,18H,9H2,1H3. The van der Waals surface area contributed by atoms with Crippen LogP contribution >= 0.6 is 11.6 Å². The van der Waals surface area contributed by atoms with Crippen molar-refractivity contribution in [3.05, 3.63) is 64.9 Å². The number of anilines is 1. The van der Waals surface area contributed by atoms with Gasteiger partial charge in [0.2, 0.25) is 0 Å². The highest BCUT2D eigenvalue weighted by molar-refractivity contribution is 6.30. The molecule has 0 aliphatic carbocycles. The van der Waals surface area contributed by atoms with Crippen LogP contribution in [0, 0.1) is 6.92 Å². The molecular weight excluding hydrogens is 258 g/mol. The number of hydrogen-bond acceptors (Lipinski definition) is 2. The lowest BCUT2D eigenvalue weighted by Gasteiger charge is -2.08. The Morgan fingerprint density at radius 1 is 1.16 bits per heavy atom. The number of halogens is 1. The zero-order valence-corrected chi connectivity index (χ0v) is 11.4. The van der Waals surface area contributed by atoms with Crippen LogP contribution in [0.1, 0.15) is 11.1 Å². The fraction of sp³-hybridized carbons (Fsp3) is 0.125. The zero-order valence-electron chi connectivity index (χ0n) is 10.6. The second kappa shape index (κ2) is 4.98. The van der Waals surface area contributed by atoms with Crippen LogP contribution in [0.2, 0.25) is 5.02 Å². The lowest BCUT2D eigenvalue weighted by molar-refractivity contribution is 0.611. The molecule has 3 heteroatoms. The van der Waals surface area contributed by atoms with Crippen molar-refractivity contribution in [1.82, 2.24) is 0 Å². The normalized spacial score (nSPS) is 10.8. The second-order valence-electron chi connectivity index (χ2n) is 4.57. The average Bonchev–Trinajstić information content (AvgIpc) is 2.81. The van der Waals surface area contributed by atoms with E-state index in [1.807, 2.05) is 49.6 Å². The molecule has 1 N–H and O–H groups in total. The molecule has 0 saturated heterocycles. The summed E-state index contributed by atoms with van der Waals surface area (Å²) in [5, 5.41) is 5.33. The smallest absolute Gasteiger partial charge is 0.134 e. The Morgan fingerprint density at radius 2 is 2.00 bits per heavy atom. The summed E-state index contributed by atoms with van der Waals surface area (Å²) in [5.74, 6) is 0. The molecule has 3 rings (SSSR count). The molecule has 0 saturated carbocycles. The monoisotopic (exact) mass is 271 g/mol. The molecule has 2 nitrogen and oxygen atoms in total. The molecule has 1 heterocycles. The summed E-state index contributed by atoms with van der Waals surface area (Å²) in [4.78, 5) is 0. The molecule has 0 atom stereocenters. The van der Waals surface area contributed by atoms with Crippen LogP contribution in [0.4, 0.5) is 5.69 Å². The van der Waals surface area contributed by atoms with Crippen molar-refractivity contribution in [3.63, 3.8) is 0 Å². The number of aryl methyl sites for hydroxylation is 1. The first-order chi connectivity index (χ1) is 9.24. The molecule has 1 aromatic heterocycles. The third-order valence-corrected chi connectivity index (χ3v) is 3.45. The largest absolute Gasteiger partial charge is 0.464 e. The van der Waals surface area contributed by atoms with Crippen LogP contribution in [0.5, 0.6) is 0 Å². The van der Waals surface area contributed by atoms with E-state index in [2.05, 4.69) is 11.4 Å². The average molecular weight is 272 g/mol. The van der Waals surface area contributed by atoms with Gasteiger partial charge >= 0.3 is 0 Å². The minimum atomic E-state index is 0.736. The molecule has 0 aliphatic heterocycles. The first-order valence-electron chi connectivity index (χ1n) is 6.19. The van der Waals surface area contributed by atoms with Crippen LogP contribution in [0.3, 0.4) is 0 Å². The summed E-state index contributed by atoms with van der Waals surface area (Å²) in [6, 6.07) is 13.9. The number of furan rings is 1. The molecule has 2 aromatic carbocycles. The van der Waals surface area contributed by atoms with Gasteiger partial charge in [0.15, 0.2) is 0 Å². The van der Waals surface area contributed by atoms with E-state index >= 15 is 0 Å². The Labute approximate surface area is 117 Å². The topological polar surface area (TPSA) is 25.2 Å². The number of rotatable bonds is 3. The molecule has 3 aromatic rings. The van der Waals surface area contributed by atoms with E-state index in [0.717, 1.165) is 39.4 Å². The Kier molecular flexibility index (Phi) is 3.18. The van der Waals surface area contributed by atoms with Crippen molar-refractivity contribution in [2.24, 2.45) is 0 Å². The molecule has 0 bridgehead atoms. The third kappa shape index (κ3) is 2.45. The van der Waals surface area contributed by atoms with Gasteiger partial charge in [0.05, 0.1) is 6.26 Å². The van der Waals surface area contributed by atoms with Crippen molar-refractivity contribution in [2.75, 3.05) is 5.32 Å². The number of nitrogens with one attached hydrogen (secondary N) is 1. The second-order valence-corrected chi connectivity index (χ2v) is 5.01. The number of benzene rings is 2. The van der Waals surface area contributed by atoms with Gasteiger partial charge in [0.25, 0.3) is 0 Å². The molecular formula is C16H14ClNO. The molecule has 0 aliphatic rings. The molecule has 96 valence electrons. The molecule has 0 fully saturated rings. The lowest BCUT2D eigenvalue weighted by atomic mass is 10.1. The van der Waals surface area contributed by atoms with Gasteiger partial charge in [-0.2, -0.15) is 0 Å². The number of para-hydroxylation sites is 1. The Bertz CT molecular complexity index is 718. The van der Waals surface area contributed by atoms with Gasteiger partial charge in [-0.1, -0.05) is 29.8 Å². The zero-order chi connectivity index (χ0) is 13.2. The summed E-state index contributed by atoms with van der Waals surface area (Å²) in [6.45, 7) is 2.78. The predicted molar refractivity (Wildman–Crippen MR) is 79.7 cm³/mol. The number of fused-ring (bicyclic) bond motifs is 1. The van der Waals surface area contributed by atoms with Crippen molar-refractivity contribution < 1.29 is 4.42 Å². The number of hydrogen-bond donors (Lipinski definition) is 1. The summed E-state index contributed by atoms with van der Waals surface area (Å²) in [6.07, 6.45) is 1.81. The predicted octanol–water partition coefficient (Wildman–Crippen LogP) is 5.01. The third-order valence-electron chi connectivity index (χ3n) is 3.22. The SMILES string of the molecule is Cc1cc(Cl)ccc1NCc1coc2ccccc12. The van der Waals surface area contributed by atoms with Crippen molar-refractivity contribution in [1.29, 1.82) is 0 Å². The van der Waals surface area contributed by atoms with E-state index in [4.69, 9.17) is 16.0 Å². The van der Waals surface area contributed by atoms with Gasteiger partial charge in [-0.3, -0.25) is 0 Å². The Morgan fingerprint density at radius 3 is 2.84 bits per heavy atom. The van der Waals surface area contributed by atoms with Gasteiger partial charge in [-0.25, -0.2) is 0 Å². The summed E-state index contributed by atoms with van der Waals surface area (Å²) in [5.41, 5.74) is 4.31. The summed E-state index contributed by atoms with van der Waals surface area (Å²) in [7, 11) is 0. The van der Waals surface area contributed by atoms with E-state index in [1.165, 1.54) is 0 Å². The van der Waals surface area contributed by atoms with Crippen molar-refractivity contribution in [3.8, 4) is 0 Å². The summed E-state index contributed by atoms with van der Waals surface area (Å²) >= 11 is 5.95. The van der Waals surface area contributed by atoms with Crippen LogP contribution in [0.25, 0.3) is 11.0 Å². The van der Waals surface area contributed by atoms with Crippen LogP contribution in [-0.4, -0.2) is 0 Å². The lowest BCUT2D eigenvalue weighted by Crippen LogP contribution is -2.00. The highest BCUT2D eigenvalue weighted by Gasteiger charge is 2.05. The van der Waals surface area contributed by atoms with Gasteiger partial charge in [0, 0.05) is 28.2 Å². The Hall–Kier alpha value is -1.93. The molecule has 19 heavy (non-hydrogen) atoms. The first kappa shape index (κ1) is 12.1. The van der Waals surface area contributed by atoms with Crippen LogP contribution in [-0.2, 0) is 6.54 Å². The highest BCUT2D eigenvalue weighted by atomic mass is 35.5. The maximum atomic E-state index is 5.95. The Balaban J connectivity index is 1.82. The maximum Gasteiger partial charge on any atom is 0.134 e. The highest BCUT2D eigenvalue weighted by Crippen LogP contribution is 2.24. The maximum absolute atomic E-state index is 5.95. The van der Waals surface area contributed by atoms with Crippen molar-refractivity contribution in [2.45, 2.75) is 13.5 Å². The van der Waals surface area contributed by atoms with Gasteiger partial charge in [-0.15, -0.1) is 0 Å². The van der Waals surface area contributed by atoms with Crippen molar-refractivity contribution >= 4 is 28.3 Å². The van der Waals surface area contributed by atoms with E-state index < -0.39 is 0 Å². The quantitative estimate of drug-likeness (QED) is 0.725. The minimum Gasteiger partial charge on any atom is -0.464 e. The fourth-order valence-corrected chi connectivity index (χ4v) is 2.41. The molecule has 0 amide bonds. The minimum absolute atomic E-state index is 0.736. The first-order valence-corrected chi connectivity index (χ1v) is 6.57. The van der Waals surface area contributed by atoms with Gasteiger partial charge < -0.3 is 9.73 Å². The van der Waals surface area contributed by atoms with Crippen LogP contribution < -0.4 is 5.32 Å². The molecule has 0 radical (unpaired) electrons. The van der Waals surface area contributed by atoms with Gasteiger partial charge in [-0.05, 0) is 36.8 Å². The summed E-state index contributed by atoms with van der Waals surface area (Å²) < 4.78 is 5.53. The van der Waals surface area contributed by atoms with E-state index in [0.29, 0.717) is 0 Å². The fourth-order valence-electron chi connectivity index (χ4n) is 2.19. The van der Waals surface area contributed by atoms with E-state index in [-0.39, 0.29) is 0 Å². The molecule has 0 unspecified atom stereocenters. The van der Waals surface area contributed by atoms with E-state index in [1.54, 1.807) is 0 Å². The molecule has 0 spiro atoms. The van der Waals surface area contributed by atoms with Crippen LogP contribution in [0.15, 0.2) is 53.1 Å².